The summed E-state index contributed by atoms with van der Waals surface area (Å²) >= 11 is 0. The molecule has 1 saturated heterocycles. The molecule has 0 bridgehead atoms. The molecule has 0 aromatic carbocycles. The molecule has 0 spiro atoms. The third kappa shape index (κ3) is 4.19. The van der Waals surface area contributed by atoms with E-state index in [2.05, 4.69) is 15.2 Å². The van der Waals surface area contributed by atoms with Gasteiger partial charge in [0.2, 0.25) is 0 Å². The molecule has 1 saturated carbocycles. The molecule has 6 heteroatoms. The Morgan fingerprint density at radius 1 is 1.30 bits per heavy atom. The van der Waals surface area contributed by atoms with E-state index in [4.69, 9.17) is 0 Å². The second kappa shape index (κ2) is 7.25. The maximum absolute atomic E-state index is 10.8. The number of nitrogens with one attached hydrogen (secondary N) is 1. The Hall–Kier alpha value is -1.69. The number of pyridine rings is 1. The molecule has 6 nitrogen and oxygen atoms in total. The van der Waals surface area contributed by atoms with E-state index >= 15 is 0 Å². The number of nitrogens with zero attached hydrogens (tertiary/aromatic N) is 3. The van der Waals surface area contributed by atoms with E-state index in [1.807, 2.05) is 0 Å². The van der Waals surface area contributed by atoms with Gasteiger partial charge in [-0.15, -0.1) is 0 Å². The average Bonchev–Trinajstić information content (AvgIpc) is 3.02. The minimum atomic E-state index is -0.381. The van der Waals surface area contributed by atoms with Gasteiger partial charge in [-0.05, 0) is 44.6 Å². The minimum absolute atomic E-state index is 0.0851. The van der Waals surface area contributed by atoms with Crippen molar-refractivity contribution in [1.82, 2.24) is 9.88 Å². The number of nitro groups is 1. The molecular formula is C17H26N4O2. The third-order valence-electron chi connectivity index (χ3n) is 5.21. The first-order valence-electron chi connectivity index (χ1n) is 8.72. The molecule has 3 rings (SSSR count). The Labute approximate surface area is 137 Å². The molecule has 0 atom stereocenters. The van der Waals surface area contributed by atoms with Crippen LogP contribution in [0.25, 0.3) is 0 Å². The second-order valence-corrected chi connectivity index (χ2v) is 6.98. The summed E-state index contributed by atoms with van der Waals surface area (Å²) in [7, 11) is 0. The van der Waals surface area contributed by atoms with E-state index in [0.29, 0.717) is 11.6 Å². The van der Waals surface area contributed by atoms with Gasteiger partial charge in [-0.3, -0.25) is 10.1 Å². The van der Waals surface area contributed by atoms with Crippen molar-refractivity contribution in [3.63, 3.8) is 0 Å². The van der Waals surface area contributed by atoms with E-state index in [0.717, 1.165) is 37.7 Å². The molecule has 23 heavy (non-hydrogen) atoms. The molecule has 1 N–H and O–H groups in total. The first kappa shape index (κ1) is 16.2. The lowest BCUT2D eigenvalue weighted by Crippen LogP contribution is -2.41. The normalized spacial score (nSPS) is 20.7. The summed E-state index contributed by atoms with van der Waals surface area (Å²) in [4.78, 5) is 17.3. The van der Waals surface area contributed by atoms with Crippen LogP contribution in [-0.2, 0) is 0 Å². The molecule has 2 aliphatic rings. The zero-order valence-corrected chi connectivity index (χ0v) is 13.8. The van der Waals surface area contributed by atoms with Crippen molar-refractivity contribution in [2.75, 3.05) is 25.0 Å². The maximum atomic E-state index is 10.8. The van der Waals surface area contributed by atoms with E-state index in [9.17, 15) is 10.1 Å². The Morgan fingerprint density at radius 3 is 2.61 bits per heavy atom. The lowest BCUT2D eigenvalue weighted by atomic mass is 10.0. The van der Waals surface area contributed by atoms with Crippen molar-refractivity contribution in [1.29, 1.82) is 0 Å². The lowest BCUT2D eigenvalue weighted by molar-refractivity contribution is -0.385. The summed E-state index contributed by atoms with van der Waals surface area (Å²) in [6.07, 6.45) is 9.22. The third-order valence-corrected chi connectivity index (χ3v) is 5.21. The van der Waals surface area contributed by atoms with Crippen molar-refractivity contribution >= 4 is 11.5 Å². The first-order chi connectivity index (χ1) is 11.1. The van der Waals surface area contributed by atoms with Gasteiger partial charge in [0.25, 0.3) is 5.69 Å². The predicted molar refractivity (Wildman–Crippen MR) is 90.7 cm³/mol. The number of aromatic nitrogens is 1. The fraction of sp³-hybridized carbons (Fsp3) is 0.706. The van der Waals surface area contributed by atoms with Gasteiger partial charge in [-0.2, -0.15) is 0 Å². The van der Waals surface area contributed by atoms with Crippen molar-refractivity contribution in [2.24, 2.45) is 5.92 Å². The van der Waals surface area contributed by atoms with Crippen LogP contribution in [0, 0.1) is 23.0 Å². The van der Waals surface area contributed by atoms with Crippen molar-refractivity contribution < 1.29 is 4.92 Å². The fourth-order valence-corrected chi connectivity index (χ4v) is 3.85. The molecule has 2 heterocycles. The van der Waals surface area contributed by atoms with E-state index < -0.39 is 0 Å². The van der Waals surface area contributed by atoms with Gasteiger partial charge in [0.15, 0.2) is 0 Å². The molecule has 1 aromatic rings. The molecule has 2 fully saturated rings. The summed E-state index contributed by atoms with van der Waals surface area (Å²) in [6, 6.07) is 2.20. The Balaban J connectivity index is 1.48. The number of hydrogen-bond acceptors (Lipinski definition) is 5. The zero-order valence-electron chi connectivity index (χ0n) is 13.8. The van der Waals surface area contributed by atoms with E-state index in [1.54, 1.807) is 13.0 Å². The van der Waals surface area contributed by atoms with Gasteiger partial charge < -0.3 is 10.2 Å². The van der Waals surface area contributed by atoms with Gasteiger partial charge in [-0.25, -0.2) is 4.98 Å². The number of anilines is 1. The van der Waals surface area contributed by atoms with Crippen molar-refractivity contribution in [3.05, 3.63) is 27.9 Å². The van der Waals surface area contributed by atoms with Crippen LogP contribution in [0.15, 0.2) is 12.3 Å². The molecule has 0 unspecified atom stereocenters. The lowest BCUT2D eigenvalue weighted by Gasteiger charge is -2.34. The number of rotatable bonds is 5. The van der Waals surface area contributed by atoms with Crippen molar-refractivity contribution in [2.45, 2.75) is 51.5 Å². The number of aryl methyl sites for hydroxylation is 1. The fourth-order valence-electron chi connectivity index (χ4n) is 3.85. The summed E-state index contributed by atoms with van der Waals surface area (Å²) in [5, 5.41) is 14.3. The van der Waals surface area contributed by atoms with Crippen LogP contribution in [0.1, 0.15) is 44.1 Å². The highest BCUT2D eigenvalue weighted by molar-refractivity contribution is 5.47. The van der Waals surface area contributed by atoms with Crippen LogP contribution in [0.2, 0.25) is 0 Å². The average molecular weight is 318 g/mol. The number of likely N-dealkylation sites (tertiary alicyclic amines) is 1. The Kier molecular flexibility index (Phi) is 5.10. The van der Waals surface area contributed by atoms with Crippen LogP contribution in [-0.4, -0.2) is 40.5 Å². The van der Waals surface area contributed by atoms with Crippen LogP contribution in [0.4, 0.5) is 11.5 Å². The smallest absolute Gasteiger partial charge is 0.290 e. The largest absolute Gasteiger partial charge is 0.367 e. The highest BCUT2D eigenvalue weighted by Crippen LogP contribution is 2.27. The molecule has 0 amide bonds. The van der Waals surface area contributed by atoms with Crippen LogP contribution in [0.3, 0.4) is 0 Å². The van der Waals surface area contributed by atoms with Crippen molar-refractivity contribution in [3.8, 4) is 0 Å². The highest BCUT2D eigenvalue weighted by Gasteiger charge is 2.23. The monoisotopic (exact) mass is 318 g/mol. The summed E-state index contributed by atoms with van der Waals surface area (Å²) < 4.78 is 0. The minimum Gasteiger partial charge on any atom is -0.367 e. The highest BCUT2D eigenvalue weighted by atomic mass is 16.6. The molecule has 1 aliphatic heterocycles. The SMILES string of the molecule is Cc1cc(NC2CCN(CC3CCCC3)CC2)ncc1[N+](=O)[O-]. The maximum Gasteiger partial charge on any atom is 0.290 e. The second-order valence-electron chi connectivity index (χ2n) is 6.98. The van der Waals surface area contributed by atoms with Crippen LogP contribution >= 0.6 is 0 Å². The molecular weight excluding hydrogens is 292 g/mol. The Bertz CT molecular complexity index is 550. The van der Waals surface area contributed by atoms with Gasteiger partial charge in [0.05, 0.1) is 4.92 Å². The molecule has 126 valence electrons. The zero-order chi connectivity index (χ0) is 16.2. The number of piperidine rings is 1. The van der Waals surface area contributed by atoms with Gasteiger partial charge in [0.1, 0.15) is 12.0 Å². The van der Waals surface area contributed by atoms with Gasteiger partial charge in [0, 0.05) is 31.2 Å². The standard InChI is InChI=1S/C17H26N4O2/c1-13-10-17(18-11-16(13)21(22)23)19-15-6-8-20(9-7-15)12-14-4-2-3-5-14/h10-11,14-15H,2-9,12H2,1H3,(H,18,19). The quantitative estimate of drug-likeness (QED) is 0.666. The van der Waals surface area contributed by atoms with E-state index in [1.165, 1.54) is 38.4 Å². The topological polar surface area (TPSA) is 71.3 Å². The first-order valence-corrected chi connectivity index (χ1v) is 8.72. The van der Waals surface area contributed by atoms with Crippen LogP contribution in [0.5, 0.6) is 0 Å². The molecule has 1 aliphatic carbocycles. The molecule has 0 radical (unpaired) electrons. The molecule has 1 aromatic heterocycles. The Morgan fingerprint density at radius 2 is 2.00 bits per heavy atom. The van der Waals surface area contributed by atoms with Gasteiger partial charge in [-0.1, -0.05) is 12.8 Å². The summed E-state index contributed by atoms with van der Waals surface area (Å²) in [5.41, 5.74) is 0.744. The van der Waals surface area contributed by atoms with Crippen LogP contribution < -0.4 is 5.32 Å². The predicted octanol–water partition coefficient (Wildman–Crippen LogP) is 3.36. The number of hydrogen-bond donors (Lipinski definition) is 1. The van der Waals surface area contributed by atoms with Gasteiger partial charge >= 0.3 is 0 Å². The van der Waals surface area contributed by atoms with E-state index in [-0.39, 0.29) is 10.6 Å². The summed E-state index contributed by atoms with van der Waals surface area (Å²) in [5.74, 6) is 1.67. The summed E-state index contributed by atoms with van der Waals surface area (Å²) in [6.45, 7) is 5.30.